The van der Waals surface area contributed by atoms with Crippen molar-refractivity contribution in [1.82, 2.24) is 10.3 Å². The molecule has 0 aliphatic heterocycles. The lowest BCUT2D eigenvalue weighted by Gasteiger charge is -2.33. The summed E-state index contributed by atoms with van der Waals surface area (Å²) in [5.74, 6) is 1.73. The molecule has 3 heteroatoms. The first kappa shape index (κ1) is 13.3. The van der Waals surface area contributed by atoms with E-state index in [1.54, 1.807) is 4.88 Å². The SMILES string of the molecule is CC1CCCC(C(NC2CC2)c2nc3c(s2)CCC3)C1. The van der Waals surface area contributed by atoms with Gasteiger partial charge >= 0.3 is 0 Å². The van der Waals surface area contributed by atoms with Crippen LogP contribution in [-0.4, -0.2) is 11.0 Å². The normalized spacial score (nSPS) is 31.2. The van der Waals surface area contributed by atoms with Crippen LogP contribution >= 0.6 is 11.3 Å². The fourth-order valence-corrected chi connectivity index (χ4v) is 5.35. The number of hydrogen-bond donors (Lipinski definition) is 1. The highest BCUT2D eigenvalue weighted by atomic mass is 32.1. The van der Waals surface area contributed by atoms with E-state index in [2.05, 4.69) is 12.2 Å². The van der Waals surface area contributed by atoms with E-state index < -0.39 is 0 Å². The monoisotopic (exact) mass is 290 g/mol. The van der Waals surface area contributed by atoms with E-state index in [1.165, 1.54) is 68.5 Å². The maximum atomic E-state index is 5.03. The van der Waals surface area contributed by atoms with Crippen molar-refractivity contribution in [3.63, 3.8) is 0 Å². The van der Waals surface area contributed by atoms with Gasteiger partial charge in [0.15, 0.2) is 0 Å². The van der Waals surface area contributed by atoms with Crippen molar-refractivity contribution in [3.8, 4) is 0 Å². The highest BCUT2D eigenvalue weighted by Gasteiger charge is 2.35. The van der Waals surface area contributed by atoms with Crippen LogP contribution in [-0.2, 0) is 12.8 Å². The third kappa shape index (κ3) is 2.67. The molecule has 1 N–H and O–H groups in total. The molecule has 3 aliphatic rings. The Labute approximate surface area is 126 Å². The van der Waals surface area contributed by atoms with Crippen molar-refractivity contribution >= 4 is 11.3 Å². The maximum Gasteiger partial charge on any atom is 0.110 e. The van der Waals surface area contributed by atoms with Crippen LogP contribution in [0.5, 0.6) is 0 Å². The Morgan fingerprint density at radius 3 is 2.80 bits per heavy atom. The Bertz CT molecular complexity index is 456. The van der Waals surface area contributed by atoms with Crippen LogP contribution in [0, 0.1) is 11.8 Å². The zero-order valence-electron chi connectivity index (χ0n) is 12.5. The van der Waals surface area contributed by atoms with E-state index in [4.69, 9.17) is 4.98 Å². The third-order valence-corrected chi connectivity index (χ3v) is 6.56. The number of fused-ring (bicyclic) bond motifs is 1. The highest BCUT2D eigenvalue weighted by molar-refractivity contribution is 7.11. The van der Waals surface area contributed by atoms with Gasteiger partial charge in [0.1, 0.15) is 5.01 Å². The molecule has 1 heterocycles. The van der Waals surface area contributed by atoms with Gasteiger partial charge in [0, 0.05) is 10.9 Å². The van der Waals surface area contributed by atoms with Gasteiger partial charge in [0.2, 0.25) is 0 Å². The molecule has 110 valence electrons. The van der Waals surface area contributed by atoms with Gasteiger partial charge in [-0.2, -0.15) is 0 Å². The molecule has 2 fully saturated rings. The lowest BCUT2D eigenvalue weighted by molar-refractivity contribution is 0.222. The van der Waals surface area contributed by atoms with Crippen LogP contribution in [0.1, 0.15) is 73.5 Å². The second-order valence-electron chi connectivity index (χ2n) is 7.23. The first-order valence-electron chi connectivity index (χ1n) is 8.54. The predicted molar refractivity (Wildman–Crippen MR) is 84.2 cm³/mol. The Morgan fingerprint density at radius 2 is 2.05 bits per heavy atom. The molecule has 2 saturated carbocycles. The van der Waals surface area contributed by atoms with Crippen molar-refractivity contribution in [2.24, 2.45) is 11.8 Å². The molecule has 4 rings (SSSR count). The predicted octanol–water partition coefficient (Wildman–Crippen LogP) is 4.25. The number of nitrogens with one attached hydrogen (secondary N) is 1. The highest BCUT2D eigenvalue weighted by Crippen LogP contribution is 2.41. The van der Waals surface area contributed by atoms with Crippen molar-refractivity contribution < 1.29 is 0 Å². The summed E-state index contributed by atoms with van der Waals surface area (Å²) in [4.78, 5) is 6.62. The molecule has 2 nitrogen and oxygen atoms in total. The van der Waals surface area contributed by atoms with Gasteiger partial charge in [-0.05, 0) is 56.8 Å². The molecular weight excluding hydrogens is 264 g/mol. The van der Waals surface area contributed by atoms with E-state index in [9.17, 15) is 0 Å². The average molecular weight is 290 g/mol. The number of rotatable bonds is 4. The summed E-state index contributed by atoms with van der Waals surface area (Å²) in [6, 6.07) is 1.34. The van der Waals surface area contributed by atoms with Crippen LogP contribution in [0.3, 0.4) is 0 Å². The number of aryl methyl sites for hydroxylation is 2. The van der Waals surface area contributed by atoms with Crippen LogP contribution < -0.4 is 5.32 Å². The average Bonchev–Trinajstić information content (AvgIpc) is 3.00. The van der Waals surface area contributed by atoms with Gasteiger partial charge in [-0.3, -0.25) is 0 Å². The summed E-state index contributed by atoms with van der Waals surface area (Å²) in [5, 5.41) is 5.35. The van der Waals surface area contributed by atoms with Gasteiger partial charge in [0.05, 0.1) is 11.7 Å². The largest absolute Gasteiger partial charge is 0.305 e. The molecule has 1 aromatic rings. The molecule has 0 spiro atoms. The Kier molecular flexibility index (Phi) is 3.59. The number of hydrogen-bond acceptors (Lipinski definition) is 3. The van der Waals surface area contributed by atoms with E-state index in [0.717, 1.165) is 17.9 Å². The van der Waals surface area contributed by atoms with E-state index in [1.807, 2.05) is 11.3 Å². The topological polar surface area (TPSA) is 24.9 Å². The molecule has 0 radical (unpaired) electrons. The maximum absolute atomic E-state index is 5.03. The van der Waals surface area contributed by atoms with Crippen LogP contribution in [0.25, 0.3) is 0 Å². The van der Waals surface area contributed by atoms with Gasteiger partial charge in [-0.1, -0.05) is 19.8 Å². The fourth-order valence-electron chi connectivity index (χ4n) is 4.04. The first-order chi connectivity index (χ1) is 9.79. The summed E-state index contributed by atoms with van der Waals surface area (Å²) < 4.78 is 0. The fraction of sp³-hybridized carbons (Fsp3) is 0.824. The minimum Gasteiger partial charge on any atom is -0.305 e. The molecule has 0 saturated heterocycles. The Balaban J connectivity index is 1.56. The van der Waals surface area contributed by atoms with E-state index in [0.29, 0.717) is 6.04 Å². The molecule has 3 aliphatic carbocycles. The third-order valence-electron chi connectivity index (χ3n) is 5.32. The van der Waals surface area contributed by atoms with Crippen molar-refractivity contribution in [1.29, 1.82) is 0 Å². The summed E-state index contributed by atoms with van der Waals surface area (Å²) in [6.45, 7) is 2.43. The molecule has 20 heavy (non-hydrogen) atoms. The second kappa shape index (κ2) is 5.42. The molecule has 0 aromatic carbocycles. The zero-order valence-corrected chi connectivity index (χ0v) is 13.3. The number of aromatic nitrogens is 1. The van der Waals surface area contributed by atoms with E-state index in [-0.39, 0.29) is 0 Å². The minimum absolute atomic E-state index is 0.556. The Morgan fingerprint density at radius 1 is 1.15 bits per heavy atom. The van der Waals surface area contributed by atoms with Crippen LogP contribution in [0.2, 0.25) is 0 Å². The summed E-state index contributed by atoms with van der Waals surface area (Å²) >= 11 is 2.02. The van der Waals surface area contributed by atoms with Gasteiger partial charge in [0.25, 0.3) is 0 Å². The lowest BCUT2D eigenvalue weighted by atomic mass is 9.78. The number of nitrogens with zero attached hydrogens (tertiary/aromatic N) is 1. The summed E-state index contributed by atoms with van der Waals surface area (Å²) in [6.07, 6.45) is 12.2. The standard InChI is InChI=1S/C17H26N2S/c1-11-4-2-5-12(10-11)16(18-13-8-9-13)17-19-14-6-3-7-15(14)20-17/h11-13,16,18H,2-10H2,1H3. The first-order valence-corrected chi connectivity index (χ1v) is 9.36. The summed E-state index contributed by atoms with van der Waals surface area (Å²) in [7, 11) is 0. The smallest absolute Gasteiger partial charge is 0.110 e. The number of thiazole rings is 1. The Hall–Kier alpha value is -0.410. The molecule has 1 aromatic heterocycles. The zero-order chi connectivity index (χ0) is 13.5. The van der Waals surface area contributed by atoms with Gasteiger partial charge < -0.3 is 5.32 Å². The molecule has 3 unspecified atom stereocenters. The lowest BCUT2D eigenvalue weighted by Crippen LogP contribution is -2.32. The van der Waals surface area contributed by atoms with Crippen molar-refractivity contribution in [3.05, 3.63) is 15.6 Å². The molecule has 0 bridgehead atoms. The van der Waals surface area contributed by atoms with Crippen molar-refractivity contribution in [2.75, 3.05) is 0 Å². The van der Waals surface area contributed by atoms with Crippen molar-refractivity contribution in [2.45, 2.75) is 76.8 Å². The van der Waals surface area contributed by atoms with Crippen LogP contribution in [0.15, 0.2) is 0 Å². The summed E-state index contributed by atoms with van der Waals surface area (Å²) in [5.41, 5.74) is 1.43. The second-order valence-corrected chi connectivity index (χ2v) is 8.34. The quantitative estimate of drug-likeness (QED) is 0.896. The van der Waals surface area contributed by atoms with E-state index >= 15 is 0 Å². The molecule has 3 atom stereocenters. The van der Waals surface area contributed by atoms with Crippen LogP contribution in [0.4, 0.5) is 0 Å². The van der Waals surface area contributed by atoms with Gasteiger partial charge in [-0.15, -0.1) is 11.3 Å². The minimum atomic E-state index is 0.556. The molecular formula is C17H26N2S. The molecule has 0 amide bonds. The van der Waals surface area contributed by atoms with Gasteiger partial charge in [-0.25, -0.2) is 4.98 Å².